The molecule has 6 heteroatoms. The SMILES string of the molecule is CC[n+]1[nH]c(-c2ccc(O)cc2)nc1C(F)F. The van der Waals surface area contributed by atoms with E-state index in [4.69, 9.17) is 5.11 Å². The molecule has 0 saturated heterocycles. The second-order valence-electron chi connectivity index (χ2n) is 3.52. The zero-order chi connectivity index (χ0) is 12.4. The van der Waals surface area contributed by atoms with Gasteiger partial charge < -0.3 is 5.11 Å². The van der Waals surface area contributed by atoms with Crippen molar-refractivity contribution in [3.8, 4) is 17.1 Å². The molecule has 0 radical (unpaired) electrons. The van der Waals surface area contributed by atoms with Gasteiger partial charge in [0.1, 0.15) is 12.3 Å². The van der Waals surface area contributed by atoms with E-state index in [-0.39, 0.29) is 11.6 Å². The van der Waals surface area contributed by atoms with Crippen molar-refractivity contribution in [1.82, 2.24) is 10.1 Å². The van der Waals surface area contributed by atoms with Crippen LogP contribution in [0.25, 0.3) is 11.4 Å². The van der Waals surface area contributed by atoms with Crippen molar-refractivity contribution in [2.45, 2.75) is 19.9 Å². The predicted molar refractivity (Wildman–Crippen MR) is 56.5 cm³/mol. The molecule has 2 aromatic rings. The van der Waals surface area contributed by atoms with Crippen LogP contribution in [0.1, 0.15) is 19.2 Å². The van der Waals surface area contributed by atoms with E-state index < -0.39 is 6.43 Å². The summed E-state index contributed by atoms with van der Waals surface area (Å²) in [5.41, 5.74) is 0.650. The standard InChI is InChI=1S/C11H11F2N3O/c1-2-16-11(9(12)13)14-10(15-16)7-3-5-8(17)6-4-7/h3-6,9H,2H2,1H3,(H,15,17)/p+1. The summed E-state index contributed by atoms with van der Waals surface area (Å²) >= 11 is 0. The fourth-order valence-electron chi connectivity index (χ4n) is 1.54. The van der Waals surface area contributed by atoms with E-state index >= 15 is 0 Å². The largest absolute Gasteiger partial charge is 0.508 e. The number of rotatable bonds is 3. The van der Waals surface area contributed by atoms with E-state index in [1.807, 2.05) is 0 Å². The van der Waals surface area contributed by atoms with Crippen LogP contribution in [0.15, 0.2) is 24.3 Å². The number of hydrogen-bond donors (Lipinski definition) is 2. The molecule has 90 valence electrons. The van der Waals surface area contributed by atoms with Gasteiger partial charge in [0.15, 0.2) is 0 Å². The van der Waals surface area contributed by atoms with Gasteiger partial charge in [-0.2, -0.15) is 18.6 Å². The molecule has 0 spiro atoms. The second kappa shape index (κ2) is 4.48. The van der Waals surface area contributed by atoms with Crippen molar-refractivity contribution >= 4 is 0 Å². The van der Waals surface area contributed by atoms with Crippen LogP contribution in [0.2, 0.25) is 0 Å². The molecule has 4 nitrogen and oxygen atoms in total. The molecule has 0 saturated carbocycles. The number of phenolic OH excluding ortho intramolecular Hbond substituents is 1. The minimum absolute atomic E-state index is 0.123. The van der Waals surface area contributed by atoms with Crippen LogP contribution in [0, 0.1) is 0 Å². The van der Waals surface area contributed by atoms with Gasteiger partial charge in [-0.15, -0.1) is 0 Å². The molecule has 0 amide bonds. The van der Waals surface area contributed by atoms with Crippen molar-refractivity contribution in [2.75, 3.05) is 0 Å². The van der Waals surface area contributed by atoms with E-state index in [1.165, 1.54) is 16.8 Å². The van der Waals surface area contributed by atoms with Crippen molar-refractivity contribution < 1.29 is 18.6 Å². The van der Waals surface area contributed by atoms with Gasteiger partial charge in [-0.05, 0) is 36.2 Å². The summed E-state index contributed by atoms with van der Waals surface area (Å²) in [6, 6.07) is 6.19. The third-order valence-corrected chi connectivity index (χ3v) is 2.40. The van der Waals surface area contributed by atoms with Gasteiger partial charge in [0.05, 0.1) is 0 Å². The second-order valence-corrected chi connectivity index (χ2v) is 3.52. The van der Waals surface area contributed by atoms with E-state index in [0.29, 0.717) is 17.9 Å². The van der Waals surface area contributed by atoms with Crippen molar-refractivity contribution in [3.05, 3.63) is 30.1 Å². The lowest BCUT2D eigenvalue weighted by Crippen LogP contribution is -2.38. The normalized spacial score (nSPS) is 11.1. The first kappa shape index (κ1) is 11.5. The zero-order valence-corrected chi connectivity index (χ0v) is 9.19. The Morgan fingerprint density at radius 2 is 2.00 bits per heavy atom. The summed E-state index contributed by atoms with van der Waals surface area (Å²) in [6.45, 7) is 2.15. The molecule has 0 fully saturated rings. The van der Waals surface area contributed by atoms with Crippen molar-refractivity contribution in [2.24, 2.45) is 0 Å². The van der Waals surface area contributed by atoms with Crippen LogP contribution in [0.4, 0.5) is 8.78 Å². The van der Waals surface area contributed by atoms with E-state index in [0.717, 1.165) is 0 Å². The summed E-state index contributed by atoms with van der Waals surface area (Å²) in [4.78, 5) is 3.86. The van der Waals surface area contributed by atoms with Gasteiger partial charge in [0, 0.05) is 5.56 Å². The lowest BCUT2D eigenvalue weighted by molar-refractivity contribution is -0.758. The quantitative estimate of drug-likeness (QED) is 0.806. The average molecular weight is 240 g/mol. The Bertz CT molecular complexity index is 508. The van der Waals surface area contributed by atoms with Gasteiger partial charge in [-0.25, -0.2) is 0 Å². The Labute approximate surface area is 96.5 Å². The number of nitrogens with zero attached hydrogens (tertiary/aromatic N) is 2. The van der Waals surface area contributed by atoms with Crippen molar-refractivity contribution in [3.63, 3.8) is 0 Å². The topological polar surface area (TPSA) is 52.8 Å². The number of aryl methyl sites for hydroxylation is 1. The maximum atomic E-state index is 12.7. The maximum Gasteiger partial charge on any atom is 0.386 e. The van der Waals surface area contributed by atoms with E-state index in [2.05, 4.69) is 10.1 Å². The fourth-order valence-corrected chi connectivity index (χ4v) is 1.54. The predicted octanol–water partition coefficient (Wildman–Crippen LogP) is 2.03. The minimum atomic E-state index is -2.61. The Morgan fingerprint density at radius 3 is 2.47 bits per heavy atom. The van der Waals surface area contributed by atoms with E-state index in [9.17, 15) is 8.78 Å². The molecular weight excluding hydrogens is 228 g/mol. The van der Waals surface area contributed by atoms with Crippen LogP contribution in [-0.2, 0) is 6.54 Å². The highest BCUT2D eigenvalue weighted by atomic mass is 19.3. The highest BCUT2D eigenvalue weighted by molar-refractivity contribution is 5.55. The highest BCUT2D eigenvalue weighted by Crippen LogP contribution is 2.20. The molecule has 17 heavy (non-hydrogen) atoms. The van der Waals surface area contributed by atoms with Crippen LogP contribution in [0.5, 0.6) is 5.75 Å². The van der Waals surface area contributed by atoms with Crippen LogP contribution in [0.3, 0.4) is 0 Å². The van der Waals surface area contributed by atoms with Gasteiger partial charge in [-0.3, -0.25) is 0 Å². The lowest BCUT2D eigenvalue weighted by atomic mass is 10.2. The van der Waals surface area contributed by atoms with Crippen LogP contribution >= 0.6 is 0 Å². The lowest BCUT2D eigenvalue weighted by Gasteiger charge is -1.92. The van der Waals surface area contributed by atoms with Crippen molar-refractivity contribution in [1.29, 1.82) is 0 Å². The Morgan fingerprint density at radius 1 is 1.35 bits per heavy atom. The maximum absolute atomic E-state index is 12.7. The number of alkyl halides is 2. The minimum Gasteiger partial charge on any atom is -0.508 e. The van der Waals surface area contributed by atoms with E-state index in [1.54, 1.807) is 19.1 Å². The molecule has 0 bridgehead atoms. The summed E-state index contributed by atoms with van der Waals surface area (Å²) in [7, 11) is 0. The summed E-state index contributed by atoms with van der Waals surface area (Å²) in [5, 5.41) is 11.9. The number of benzene rings is 1. The molecule has 0 aliphatic heterocycles. The Balaban J connectivity index is 2.42. The fraction of sp³-hybridized carbons (Fsp3) is 0.273. The first-order valence-electron chi connectivity index (χ1n) is 5.19. The number of aromatic nitrogens is 3. The smallest absolute Gasteiger partial charge is 0.386 e. The van der Waals surface area contributed by atoms with Crippen LogP contribution in [-0.4, -0.2) is 15.2 Å². The number of H-pyrrole nitrogens is 1. The first-order valence-corrected chi connectivity index (χ1v) is 5.19. The third kappa shape index (κ3) is 2.25. The zero-order valence-electron chi connectivity index (χ0n) is 9.19. The summed E-state index contributed by atoms with van der Waals surface area (Å²) < 4.78 is 26.6. The molecule has 0 atom stereocenters. The summed E-state index contributed by atoms with van der Waals surface area (Å²) in [5.74, 6) is 0.204. The van der Waals surface area contributed by atoms with Gasteiger partial charge in [-0.1, -0.05) is 0 Å². The van der Waals surface area contributed by atoms with Gasteiger partial charge in [0.25, 0.3) is 5.82 Å². The van der Waals surface area contributed by atoms with Gasteiger partial charge in [0.2, 0.25) is 0 Å². The number of phenols is 1. The Kier molecular flexibility index (Phi) is 3.03. The molecule has 1 heterocycles. The number of aromatic amines is 1. The third-order valence-electron chi connectivity index (χ3n) is 2.40. The summed E-state index contributed by atoms with van der Waals surface area (Å²) in [6.07, 6.45) is -2.61. The van der Waals surface area contributed by atoms with Gasteiger partial charge >= 0.3 is 12.2 Å². The average Bonchev–Trinajstić information content (AvgIpc) is 2.74. The number of hydrogen-bond acceptors (Lipinski definition) is 2. The Hall–Kier alpha value is -1.98. The monoisotopic (exact) mass is 240 g/mol. The number of aromatic hydroxyl groups is 1. The number of halogens is 2. The van der Waals surface area contributed by atoms with Crippen LogP contribution < -0.4 is 4.68 Å². The molecule has 2 rings (SSSR count). The molecule has 1 aromatic heterocycles. The molecule has 0 aliphatic rings. The molecule has 1 aromatic carbocycles. The molecule has 2 N–H and O–H groups in total. The number of nitrogens with one attached hydrogen (secondary N) is 1. The molecular formula is C11H12F2N3O+. The molecule has 0 aliphatic carbocycles. The highest BCUT2D eigenvalue weighted by Gasteiger charge is 2.28. The first-order chi connectivity index (χ1) is 8.11. The molecule has 0 unspecified atom stereocenters.